The number of nitrogens with one attached hydrogen (secondary N) is 1. The van der Waals surface area contributed by atoms with Crippen LogP contribution in [0, 0.1) is 17.3 Å². The number of hydrogen-bond donors (Lipinski definition) is 6. The van der Waals surface area contributed by atoms with Crippen molar-refractivity contribution < 1.29 is 34.8 Å². The predicted molar refractivity (Wildman–Crippen MR) is 137 cm³/mol. The lowest BCUT2D eigenvalue weighted by atomic mass is 9.59. The number of hydrogen-bond acceptors (Lipinski definition) is 9. The molecule has 7 N–H and O–H groups in total. The van der Waals surface area contributed by atoms with Crippen LogP contribution in [0.5, 0.6) is 5.75 Å². The number of anilines is 1. The number of nitrogens with zero attached hydrogens (tertiary/aromatic N) is 1. The molecule has 0 radical (unpaired) electrons. The summed E-state index contributed by atoms with van der Waals surface area (Å²) in [5.74, 6) is -6.26. The molecule has 0 heterocycles. The fourth-order valence-corrected chi connectivity index (χ4v) is 5.83. The molecule has 10 heteroatoms. The number of carbonyl (C=O) groups excluding carboxylic acids is 3. The lowest BCUT2D eigenvalue weighted by Crippen LogP contribution is -2.58. The van der Waals surface area contributed by atoms with Crippen LogP contribution < -0.4 is 16.0 Å². The van der Waals surface area contributed by atoms with Crippen molar-refractivity contribution in [2.45, 2.75) is 52.2 Å². The Morgan fingerprint density at radius 3 is 2.41 bits per heavy atom. The molecule has 1 amide bonds. The first-order valence-corrected chi connectivity index (χ1v) is 12.3. The van der Waals surface area contributed by atoms with Gasteiger partial charge >= 0.3 is 0 Å². The largest absolute Gasteiger partial charge is 0.508 e. The van der Waals surface area contributed by atoms with Gasteiger partial charge in [-0.15, -0.1) is 0 Å². The van der Waals surface area contributed by atoms with Gasteiger partial charge in [0.2, 0.25) is 5.78 Å². The predicted octanol–water partition coefficient (Wildman–Crippen LogP) is 1.63. The Hall–Kier alpha value is -3.37. The molecular weight excluding hydrogens is 478 g/mol. The number of ketones is 2. The summed E-state index contributed by atoms with van der Waals surface area (Å²) < 4.78 is 0. The summed E-state index contributed by atoms with van der Waals surface area (Å²) in [5, 5.41) is 48.0. The van der Waals surface area contributed by atoms with E-state index < -0.39 is 52.0 Å². The Balaban J connectivity index is 1.87. The average Bonchev–Trinajstić information content (AvgIpc) is 2.76. The lowest BCUT2D eigenvalue weighted by molar-refractivity contribution is -0.147. The molecule has 0 bridgehead atoms. The highest BCUT2D eigenvalue weighted by atomic mass is 16.3. The zero-order valence-corrected chi connectivity index (χ0v) is 21.8. The molecule has 200 valence electrons. The molecule has 3 aliphatic carbocycles. The van der Waals surface area contributed by atoms with Crippen molar-refractivity contribution in [3.63, 3.8) is 0 Å². The quantitative estimate of drug-likeness (QED) is 0.320. The molecule has 1 aromatic carbocycles. The number of amides is 1. The normalized spacial score (nSPS) is 25.6. The van der Waals surface area contributed by atoms with Crippen molar-refractivity contribution in [3.8, 4) is 5.75 Å². The lowest BCUT2D eigenvalue weighted by Gasteiger charge is -2.46. The van der Waals surface area contributed by atoms with Crippen molar-refractivity contribution >= 4 is 28.9 Å². The molecular formula is C27H35N3O7. The average molecular weight is 514 g/mol. The van der Waals surface area contributed by atoms with Gasteiger partial charge in [0, 0.05) is 56.3 Å². The van der Waals surface area contributed by atoms with Crippen LogP contribution in [0.3, 0.4) is 0 Å². The first kappa shape index (κ1) is 26.7. The van der Waals surface area contributed by atoms with E-state index in [0.29, 0.717) is 24.2 Å². The molecule has 3 unspecified atom stereocenters. The number of rotatable bonds is 5. The number of benzene rings is 1. The fraction of sp³-hybridized carbons (Fsp3) is 0.519. The monoisotopic (exact) mass is 513 g/mol. The minimum Gasteiger partial charge on any atom is -0.508 e. The molecule has 0 aliphatic heterocycles. The van der Waals surface area contributed by atoms with Crippen LogP contribution in [0.15, 0.2) is 23.0 Å². The number of Topliss-reactive ketones (excluding diaryl/α,β-unsaturated/α-hetero) is 2. The molecule has 1 saturated carbocycles. The van der Waals surface area contributed by atoms with Gasteiger partial charge in [0.25, 0.3) is 5.91 Å². The van der Waals surface area contributed by atoms with Gasteiger partial charge in [0.15, 0.2) is 11.4 Å². The van der Waals surface area contributed by atoms with Crippen LogP contribution in [0.4, 0.5) is 5.69 Å². The van der Waals surface area contributed by atoms with E-state index in [1.165, 1.54) is 0 Å². The maximum Gasteiger partial charge on any atom is 0.255 e. The summed E-state index contributed by atoms with van der Waals surface area (Å²) in [7, 11) is 3.68. The van der Waals surface area contributed by atoms with Gasteiger partial charge in [-0.3, -0.25) is 14.4 Å². The zero-order valence-electron chi connectivity index (χ0n) is 21.8. The van der Waals surface area contributed by atoms with E-state index >= 15 is 0 Å². The van der Waals surface area contributed by atoms with E-state index in [4.69, 9.17) is 5.73 Å². The van der Waals surface area contributed by atoms with Crippen LogP contribution in [-0.4, -0.2) is 64.1 Å². The number of aliphatic hydroxyl groups excluding tert-OH is 2. The SMILES string of the molecule is CN(C)c1cc(CNCC(C)(C)C)c(O)c2c1CC1CC3CC(=O)C(C(N)=O)=C(O)C3(O)C(=O)C1=C2O. The maximum atomic E-state index is 13.7. The number of primary amides is 1. The number of fused-ring (bicyclic) bond motifs is 3. The summed E-state index contributed by atoms with van der Waals surface area (Å²) in [6.07, 6.45) is 0.0305. The summed E-state index contributed by atoms with van der Waals surface area (Å²) in [6.45, 7) is 7.22. The second kappa shape index (κ2) is 8.88. The first-order chi connectivity index (χ1) is 17.1. The molecule has 3 aliphatic rings. The summed E-state index contributed by atoms with van der Waals surface area (Å²) >= 11 is 0. The highest BCUT2D eigenvalue weighted by Crippen LogP contribution is 2.53. The highest BCUT2D eigenvalue weighted by molar-refractivity contribution is 6.22. The van der Waals surface area contributed by atoms with Crippen molar-refractivity contribution in [2.24, 2.45) is 23.0 Å². The Morgan fingerprint density at radius 1 is 1.19 bits per heavy atom. The summed E-state index contributed by atoms with van der Waals surface area (Å²) in [6, 6.07) is 1.85. The molecule has 0 spiro atoms. The second-order valence-corrected chi connectivity index (χ2v) is 11.7. The summed E-state index contributed by atoms with van der Waals surface area (Å²) in [5.41, 5.74) is 3.77. The van der Waals surface area contributed by atoms with Crippen LogP contribution in [-0.2, 0) is 27.3 Å². The third kappa shape index (κ3) is 4.18. The van der Waals surface area contributed by atoms with Gasteiger partial charge in [-0.25, -0.2) is 0 Å². The van der Waals surface area contributed by atoms with Gasteiger partial charge in [-0.1, -0.05) is 20.8 Å². The Kier molecular flexibility index (Phi) is 6.41. The minimum absolute atomic E-state index is 0.00665. The molecule has 0 aromatic heterocycles. The first-order valence-electron chi connectivity index (χ1n) is 12.3. The van der Waals surface area contributed by atoms with Crippen LogP contribution in [0.25, 0.3) is 5.76 Å². The Morgan fingerprint density at radius 2 is 1.84 bits per heavy atom. The number of aliphatic hydroxyl groups is 3. The molecule has 10 nitrogen and oxygen atoms in total. The van der Waals surface area contributed by atoms with Crippen molar-refractivity contribution in [1.82, 2.24) is 5.32 Å². The minimum atomic E-state index is -2.57. The van der Waals surface area contributed by atoms with Crippen molar-refractivity contribution in [3.05, 3.63) is 39.7 Å². The standard InChI is InChI=1S/C27H35N3O7/c1-26(2,3)11-29-10-13-8-16(30(4)5)15-7-12-6-14-9-17(31)20(25(28)36)24(35)27(14,37)23(34)18(12)22(33)19(15)21(13)32/h8,12,14,29,32-33,35,37H,6-7,9-11H2,1-5H3,(H2,28,36). The third-order valence-electron chi connectivity index (χ3n) is 7.57. The number of phenolic OH excluding ortho intramolecular Hbond substituents is 1. The smallest absolute Gasteiger partial charge is 0.255 e. The third-order valence-corrected chi connectivity index (χ3v) is 7.57. The van der Waals surface area contributed by atoms with E-state index in [2.05, 4.69) is 26.1 Å². The second-order valence-electron chi connectivity index (χ2n) is 11.7. The Bertz CT molecular complexity index is 1270. The number of nitrogens with two attached hydrogens (primary N) is 1. The van der Waals surface area contributed by atoms with E-state index in [9.17, 15) is 34.8 Å². The number of phenols is 1. The fourth-order valence-electron chi connectivity index (χ4n) is 5.83. The van der Waals surface area contributed by atoms with Gasteiger partial charge in [-0.2, -0.15) is 0 Å². The van der Waals surface area contributed by atoms with Crippen molar-refractivity contribution in [1.29, 1.82) is 0 Å². The van der Waals surface area contributed by atoms with Gasteiger partial charge < -0.3 is 36.4 Å². The maximum absolute atomic E-state index is 13.7. The molecule has 1 fully saturated rings. The van der Waals surface area contributed by atoms with E-state index in [1.54, 1.807) is 0 Å². The number of aromatic hydroxyl groups is 1. The van der Waals surface area contributed by atoms with Gasteiger partial charge in [0.05, 0.1) is 5.56 Å². The van der Waals surface area contributed by atoms with Crippen molar-refractivity contribution in [2.75, 3.05) is 25.5 Å². The Labute approximate surface area is 215 Å². The zero-order chi connectivity index (χ0) is 27.6. The molecule has 4 rings (SSSR count). The highest BCUT2D eigenvalue weighted by Gasteiger charge is 2.60. The van der Waals surface area contributed by atoms with E-state index in [1.807, 2.05) is 25.1 Å². The van der Waals surface area contributed by atoms with Crippen LogP contribution in [0.2, 0.25) is 0 Å². The summed E-state index contributed by atoms with van der Waals surface area (Å²) in [4.78, 5) is 39.8. The molecule has 1 aromatic rings. The van der Waals surface area contributed by atoms with E-state index in [0.717, 1.165) is 5.69 Å². The molecule has 37 heavy (non-hydrogen) atoms. The van der Waals surface area contributed by atoms with Crippen LogP contribution >= 0.6 is 0 Å². The molecule has 3 atom stereocenters. The number of carbonyl (C=O) groups is 3. The van der Waals surface area contributed by atoms with Gasteiger partial charge in [-0.05, 0) is 35.8 Å². The van der Waals surface area contributed by atoms with E-state index in [-0.39, 0.29) is 41.6 Å². The van der Waals surface area contributed by atoms with Gasteiger partial charge in [0.1, 0.15) is 22.8 Å². The topological polar surface area (TPSA) is 173 Å². The molecule has 0 saturated heterocycles. The van der Waals surface area contributed by atoms with Crippen LogP contribution in [0.1, 0.15) is 50.3 Å².